The number of hydrogen-bond acceptors (Lipinski definition) is 7. The molecule has 1 aliphatic rings. The fourth-order valence-corrected chi connectivity index (χ4v) is 4.90. The van der Waals surface area contributed by atoms with Crippen molar-refractivity contribution >= 4 is 17.7 Å². The van der Waals surface area contributed by atoms with Crippen molar-refractivity contribution in [1.82, 2.24) is 35.5 Å². The van der Waals surface area contributed by atoms with Gasteiger partial charge >= 0.3 is 0 Å². The zero-order valence-corrected chi connectivity index (χ0v) is 24.0. The topological polar surface area (TPSA) is 143 Å². The molecule has 0 radical (unpaired) electrons. The standard InChI is InChI=1S/C31H35N7O5/c1-42-27-12-5-10-24-28(27)43-19-7-16-38-21-23(35-36-38)13-17-37(31(41)25-11-6-14-32-25)18-15-33-30(40)26(34-29(24)39)20-22-8-3-2-4-9-22/h2-6,8-12,14,21,26,32H,7,13,15-20H2,1H3,(H,33,40)(H,34,39)/t26-/m0/s1. The summed E-state index contributed by atoms with van der Waals surface area (Å²) in [6.07, 6.45) is 4.91. The molecule has 224 valence electrons. The van der Waals surface area contributed by atoms with Crippen LogP contribution in [-0.4, -0.2) is 82.0 Å². The quantitative estimate of drug-likeness (QED) is 0.333. The number of carbonyl (C=O) groups is 3. The number of aromatic amines is 1. The van der Waals surface area contributed by atoms with Crippen LogP contribution in [0.1, 0.15) is 38.5 Å². The van der Waals surface area contributed by atoms with Crippen LogP contribution in [0.4, 0.5) is 0 Å². The van der Waals surface area contributed by atoms with Gasteiger partial charge in [0.1, 0.15) is 11.7 Å². The molecular formula is C31H35N7O5. The van der Waals surface area contributed by atoms with E-state index in [1.807, 2.05) is 36.5 Å². The van der Waals surface area contributed by atoms with Crippen molar-refractivity contribution in [2.24, 2.45) is 0 Å². The van der Waals surface area contributed by atoms with E-state index >= 15 is 0 Å². The normalized spacial score (nSPS) is 16.9. The van der Waals surface area contributed by atoms with Gasteiger partial charge in [-0.05, 0) is 29.8 Å². The molecule has 3 heterocycles. The molecule has 0 saturated heterocycles. The number of rotatable bonds is 4. The highest BCUT2D eigenvalue weighted by Crippen LogP contribution is 2.31. The summed E-state index contributed by atoms with van der Waals surface area (Å²) in [4.78, 5) is 45.0. The van der Waals surface area contributed by atoms with Crippen LogP contribution in [0.3, 0.4) is 0 Å². The first-order valence-corrected chi connectivity index (χ1v) is 14.3. The Morgan fingerprint density at radius 3 is 2.70 bits per heavy atom. The van der Waals surface area contributed by atoms with E-state index in [0.717, 1.165) is 11.3 Å². The first-order valence-electron chi connectivity index (χ1n) is 14.3. The Morgan fingerprint density at radius 1 is 1.05 bits per heavy atom. The van der Waals surface area contributed by atoms with Crippen molar-refractivity contribution in [3.63, 3.8) is 0 Å². The molecule has 2 aromatic heterocycles. The van der Waals surface area contributed by atoms with Crippen molar-refractivity contribution in [2.45, 2.75) is 31.8 Å². The number of aromatic nitrogens is 4. The third-order valence-corrected chi connectivity index (χ3v) is 7.15. The lowest BCUT2D eigenvalue weighted by atomic mass is 10.0. The van der Waals surface area contributed by atoms with Crippen molar-refractivity contribution < 1.29 is 23.9 Å². The number of carbonyl (C=O) groups excluding carboxylic acids is 3. The van der Waals surface area contributed by atoms with Gasteiger partial charge in [0.15, 0.2) is 11.5 Å². The van der Waals surface area contributed by atoms with Gasteiger partial charge < -0.3 is 30.0 Å². The summed E-state index contributed by atoms with van der Waals surface area (Å²) in [5, 5.41) is 14.3. The lowest BCUT2D eigenvalue weighted by Crippen LogP contribution is -2.50. The van der Waals surface area contributed by atoms with E-state index in [1.54, 1.807) is 46.1 Å². The van der Waals surface area contributed by atoms with Gasteiger partial charge in [-0.25, -0.2) is 0 Å². The molecule has 0 aliphatic carbocycles. The molecule has 3 N–H and O–H groups in total. The molecular weight excluding hydrogens is 550 g/mol. The molecule has 0 fully saturated rings. The first-order chi connectivity index (χ1) is 21.0. The van der Waals surface area contributed by atoms with Gasteiger partial charge in [-0.3, -0.25) is 19.1 Å². The third-order valence-electron chi connectivity index (χ3n) is 7.15. The van der Waals surface area contributed by atoms with E-state index in [9.17, 15) is 14.4 Å². The van der Waals surface area contributed by atoms with Gasteiger partial charge in [-0.15, -0.1) is 5.10 Å². The van der Waals surface area contributed by atoms with Crippen molar-refractivity contribution in [2.75, 3.05) is 33.4 Å². The number of fused-ring (bicyclic) bond motifs is 3. The number of aryl methyl sites for hydroxylation is 1. The van der Waals surface area contributed by atoms with E-state index in [2.05, 4.69) is 25.9 Å². The maximum atomic E-state index is 13.6. The smallest absolute Gasteiger partial charge is 0.270 e. The van der Waals surface area contributed by atoms with Crippen LogP contribution in [0.15, 0.2) is 73.1 Å². The number of benzene rings is 2. The SMILES string of the molecule is COc1cccc2c1OCCCn1cc(nn1)CCN(C(=O)c1ccc[nH]1)CCNC(=O)[C@H](Cc1ccccc1)NC2=O. The van der Waals surface area contributed by atoms with E-state index in [-0.39, 0.29) is 36.9 Å². The second kappa shape index (κ2) is 14.2. The predicted molar refractivity (Wildman–Crippen MR) is 158 cm³/mol. The summed E-state index contributed by atoms with van der Waals surface area (Å²) >= 11 is 0. The number of H-pyrrole nitrogens is 1. The molecule has 3 amide bonds. The summed E-state index contributed by atoms with van der Waals surface area (Å²) in [6, 6.07) is 17.1. The number of amides is 3. The minimum atomic E-state index is -0.877. The van der Waals surface area contributed by atoms with Gasteiger partial charge in [-0.1, -0.05) is 41.6 Å². The van der Waals surface area contributed by atoms with Gasteiger partial charge in [-0.2, -0.15) is 0 Å². The Hall–Kier alpha value is -5.13. The molecule has 1 aliphatic heterocycles. The molecule has 2 bridgehead atoms. The Bertz CT molecular complexity index is 1520. The average molecular weight is 586 g/mol. The lowest BCUT2D eigenvalue weighted by molar-refractivity contribution is -0.123. The predicted octanol–water partition coefficient (Wildman–Crippen LogP) is 2.24. The van der Waals surface area contributed by atoms with Crippen LogP contribution in [0.2, 0.25) is 0 Å². The molecule has 4 aromatic rings. The number of para-hydroxylation sites is 1. The summed E-state index contributed by atoms with van der Waals surface area (Å²) in [6.45, 7) is 1.67. The number of ether oxygens (including phenoxy) is 2. The highest BCUT2D eigenvalue weighted by molar-refractivity contribution is 6.00. The Morgan fingerprint density at radius 2 is 1.91 bits per heavy atom. The van der Waals surface area contributed by atoms with E-state index < -0.39 is 11.9 Å². The van der Waals surface area contributed by atoms with Crippen LogP contribution >= 0.6 is 0 Å². The fourth-order valence-electron chi connectivity index (χ4n) is 4.90. The van der Waals surface area contributed by atoms with Crippen LogP contribution in [0, 0.1) is 0 Å². The molecule has 0 unspecified atom stereocenters. The van der Waals surface area contributed by atoms with Gasteiger partial charge in [0.2, 0.25) is 5.91 Å². The molecule has 2 aromatic carbocycles. The minimum absolute atomic E-state index is 0.186. The lowest BCUT2D eigenvalue weighted by Gasteiger charge is -2.24. The Kier molecular flexibility index (Phi) is 9.67. The van der Waals surface area contributed by atoms with Crippen molar-refractivity contribution in [3.8, 4) is 11.5 Å². The highest BCUT2D eigenvalue weighted by atomic mass is 16.5. The van der Waals surface area contributed by atoms with Gasteiger partial charge in [0.25, 0.3) is 11.8 Å². The first kappa shape index (κ1) is 29.4. The second-order valence-corrected chi connectivity index (χ2v) is 10.1. The van der Waals surface area contributed by atoms with Crippen LogP contribution in [0.25, 0.3) is 0 Å². The molecule has 1 atom stereocenters. The van der Waals surface area contributed by atoms with Crippen molar-refractivity contribution in [1.29, 1.82) is 0 Å². The molecule has 0 spiro atoms. The van der Waals surface area contributed by atoms with E-state index in [4.69, 9.17) is 9.47 Å². The fraction of sp³-hybridized carbons (Fsp3) is 0.323. The number of nitrogens with zero attached hydrogens (tertiary/aromatic N) is 4. The van der Waals surface area contributed by atoms with Crippen LogP contribution in [-0.2, 0) is 24.2 Å². The number of nitrogens with one attached hydrogen (secondary N) is 3. The summed E-state index contributed by atoms with van der Waals surface area (Å²) < 4.78 is 13.3. The largest absolute Gasteiger partial charge is 0.493 e. The molecule has 0 saturated carbocycles. The van der Waals surface area contributed by atoms with E-state index in [1.165, 1.54) is 7.11 Å². The van der Waals surface area contributed by atoms with Gasteiger partial charge in [0.05, 0.1) is 25.0 Å². The van der Waals surface area contributed by atoms with Crippen LogP contribution in [0.5, 0.6) is 11.5 Å². The monoisotopic (exact) mass is 585 g/mol. The van der Waals surface area contributed by atoms with E-state index in [0.29, 0.717) is 49.7 Å². The summed E-state index contributed by atoms with van der Waals surface area (Å²) in [5.74, 6) is -0.299. The zero-order valence-electron chi connectivity index (χ0n) is 24.0. The molecule has 12 nitrogen and oxygen atoms in total. The molecule has 5 rings (SSSR count). The second-order valence-electron chi connectivity index (χ2n) is 10.1. The number of hydrogen-bond donors (Lipinski definition) is 3. The minimum Gasteiger partial charge on any atom is -0.493 e. The zero-order chi connectivity index (χ0) is 30.0. The Balaban J connectivity index is 1.41. The van der Waals surface area contributed by atoms with Crippen LogP contribution < -0.4 is 20.1 Å². The third kappa shape index (κ3) is 7.59. The number of methoxy groups -OCH3 is 1. The Labute approximate surface area is 249 Å². The maximum absolute atomic E-state index is 13.6. The molecule has 43 heavy (non-hydrogen) atoms. The highest BCUT2D eigenvalue weighted by Gasteiger charge is 2.26. The summed E-state index contributed by atoms with van der Waals surface area (Å²) in [7, 11) is 1.51. The maximum Gasteiger partial charge on any atom is 0.270 e. The molecule has 12 heteroatoms. The average Bonchev–Trinajstić information content (AvgIpc) is 3.73. The summed E-state index contributed by atoms with van der Waals surface area (Å²) in [5.41, 5.74) is 2.35. The van der Waals surface area contributed by atoms with Crippen molar-refractivity contribution in [3.05, 3.63) is 95.6 Å². The van der Waals surface area contributed by atoms with Gasteiger partial charge in [0, 0.05) is 57.8 Å².